The Labute approximate surface area is 155 Å². The highest BCUT2D eigenvalue weighted by atomic mass is 16.5. The lowest BCUT2D eigenvalue weighted by Gasteiger charge is -2.14. The van der Waals surface area contributed by atoms with Gasteiger partial charge in [0.25, 0.3) is 0 Å². The number of Topliss-reactive ketones (excluding diaryl/α,β-unsaturated/α-hetero) is 1. The molecule has 0 spiro atoms. The molecule has 144 valence electrons. The van der Waals surface area contributed by atoms with Gasteiger partial charge in [0.2, 0.25) is 0 Å². The maximum absolute atomic E-state index is 12.6. The molecule has 0 aromatic rings. The third kappa shape index (κ3) is 4.33. The van der Waals surface area contributed by atoms with E-state index < -0.39 is 12.2 Å². The molecule has 2 N–H and O–H groups in total. The lowest BCUT2D eigenvalue weighted by Crippen LogP contribution is -2.20. The second kappa shape index (κ2) is 7.89. The fourth-order valence-corrected chi connectivity index (χ4v) is 3.77. The fourth-order valence-electron chi connectivity index (χ4n) is 3.77. The van der Waals surface area contributed by atoms with Gasteiger partial charge in [-0.15, -0.1) is 0 Å². The zero-order valence-corrected chi connectivity index (χ0v) is 16.3. The molecule has 1 saturated carbocycles. The molecular weight excluding hydrogens is 332 g/mol. The van der Waals surface area contributed by atoms with Crippen molar-refractivity contribution in [1.82, 2.24) is 0 Å². The highest BCUT2D eigenvalue weighted by Gasteiger charge is 2.61. The van der Waals surface area contributed by atoms with E-state index in [0.29, 0.717) is 5.57 Å². The van der Waals surface area contributed by atoms with Crippen LogP contribution in [-0.4, -0.2) is 40.8 Å². The molecule has 26 heavy (non-hydrogen) atoms. The van der Waals surface area contributed by atoms with E-state index in [0.717, 1.165) is 5.57 Å². The number of esters is 1. The highest BCUT2D eigenvalue weighted by Crippen LogP contribution is 2.60. The van der Waals surface area contributed by atoms with Gasteiger partial charge in [-0.05, 0) is 37.7 Å². The molecule has 1 fully saturated rings. The standard InChI is InChI=1S/C21H30O5/c1-12(2)9-16-19(21(16,4)5)20(25)26-18-11-17(24)15(13(18)3)10-14(23)7-6-8-22/h6-7,9,14,16,18-19,22-23H,8,10-11H2,1-5H3/b7-6+/t14?,16-,18+,19+/m1/s1. The molecular formula is C21H30O5. The van der Waals surface area contributed by atoms with Crippen LogP contribution in [0.15, 0.2) is 34.9 Å². The maximum atomic E-state index is 12.6. The van der Waals surface area contributed by atoms with Gasteiger partial charge in [-0.1, -0.05) is 37.6 Å². The molecule has 2 aliphatic rings. The minimum atomic E-state index is -0.838. The van der Waals surface area contributed by atoms with E-state index in [4.69, 9.17) is 9.84 Å². The summed E-state index contributed by atoms with van der Waals surface area (Å²) in [6.45, 7) is 9.77. The molecule has 2 rings (SSSR count). The van der Waals surface area contributed by atoms with Crippen molar-refractivity contribution in [2.75, 3.05) is 6.61 Å². The number of carbonyl (C=O) groups is 2. The number of rotatable bonds is 7. The van der Waals surface area contributed by atoms with E-state index in [2.05, 4.69) is 19.9 Å². The van der Waals surface area contributed by atoms with Gasteiger partial charge in [0.1, 0.15) is 6.10 Å². The van der Waals surface area contributed by atoms with Crippen LogP contribution in [0.25, 0.3) is 0 Å². The smallest absolute Gasteiger partial charge is 0.310 e. The molecule has 5 nitrogen and oxygen atoms in total. The van der Waals surface area contributed by atoms with Gasteiger partial charge in [0.15, 0.2) is 5.78 Å². The Balaban J connectivity index is 2.04. The quantitative estimate of drug-likeness (QED) is 0.537. The summed E-state index contributed by atoms with van der Waals surface area (Å²) in [5, 5.41) is 18.7. The zero-order chi connectivity index (χ0) is 19.6. The number of ether oxygens (including phenoxy) is 1. The molecule has 0 radical (unpaired) electrons. The van der Waals surface area contributed by atoms with Crippen molar-refractivity contribution in [2.45, 2.75) is 59.7 Å². The van der Waals surface area contributed by atoms with Crippen LogP contribution in [-0.2, 0) is 14.3 Å². The third-order valence-electron chi connectivity index (χ3n) is 5.48. The van der Waals surface area contributed by atoms with Crippen LogP contribution in [0.5, 0.6) is 0 Å². The molecule has 5 heteroatoms. The van der Waals surface area contributed by atoms with Gasteiger partial charge in [-0.25, -0.2) is 0 Å². The molecule has 0 bridgehead atoms. The van der Waals surface area contributed by atoms with Crippen LogP contribution in [0.2, 0.25) is 0 Å². The van der Waals surface area contributed by atoms with Gasteiger partial charge in [0, 0.05) is 12.0 Å². The number of allylic oxidation sites excluding steroid dienone is 2. The summed E-state index contributed by atoms with van der Waals surface area (Å²) in [6.07, 6.45) is 3.95. The maximum Gasteiger partial charge on any atom is 0.310 e. The summed E-state index contributed by atoms with van der Waals surface area (Å²) >= 11 is 0. The average molecular weight is 362 g/mol. The Bertz CT molecular complexity index is 664. The Morgan fingerprint density at radius 3 is 2.62 bits per heavy atom. The minimum absolute atomic E-state index is 0.0901. The molecule has 0 aliphatic heterocycles. The van der Waals surface area contributed by atoms with Crippen molar-refractivity contribution in [3.05, 3.63) is 34.9 Å². The Kier molecular flexibility index (Phi) is 6.25. The lowest BCUT2D eigenvalue weighted by molar-refractivity contribution is -0.150. The van der Waals surface area contributed by atoms with Crippen molar-refractivity contribution in [2.24, 2.45) is 17.3 Å². The molecule has 0 heterocycles. The van der Waals surface area contributed by atoms with Crippen molar-refractivity contribution in [3.8, 4) is 0 Å². The summed E-state index contributed by atoms with van der Waals surface area (Å²) in [4.78, 5) is 24.9. The number of hydrogen-bond donors (Lipinski definition) is 2. The largest absolute Gasteiger partial charge is 0.457 e. The monoisotopic (exact) mass is 362 g/mol. The number of hydrogen-bond acceptors (Lipinski definition) is 5. The van der Waals surface area contributed by atoms with E-state index in [1.165, 1.54) is 17.7 Å². The summed E-state index contributed by atoms with van der Waals surface area (Å²) in [7, 11) is 0. The first-order chi connectivity index (χ1) is 12.1. The van der Waals surface area contributed by atoms with Crippen LogP contribution in [0.1, 0.15) is 47.5 Å². The average Bonchev–Trinajstić information content (AvgIpc) is 2.97. The molecule has 2 aliphatic carbocycles. The van der Waals surface area contributed by atoms with Crippen LogP contribution < -0.4 is 0 Å². The first kappa shape index (κ1) is 20.6. The van der Waals surface area contributed by atoms with Crippen molar-refractivity contribution >= 4 is 11.8 Å². The van der Waals surface area contributed by atoms with Crippen LogP contribution in [0.3, 0.4) is 0 Å². The summed E-state index contributed by atoms with van der Waals surface area (Å²) in [5.74, 6) is -0.349. The summed E-state index contributed by atoms with van der Waals surface area (Å²) in [6, 6.07) is 0. The van der Waals surface area contributed by atoms with E-state index in [-0.39, 0.29) is 48.5 Å². The van der Waals surface area contributed by atoms with Crippen LogP contribution in [0.4, 0.5) is 0 Å². The number of aliphatic hydroxyl groups is 2. The van der Waals surface area contributed by atoms with Gasteiger partial charge in [-0.2, -0.15) is 0 Å². The summed E-state index contributed by atoms with van der Waals surface area (Å²) in [5.41, 5.74) is 2.30. The lowest BCUT2D eigenvalue weighted by atomic mass is 10.0. The third-order valence-corrected chi connectivity index (χ3v) is 5.48. The van der Waals surface area contributed by atoms with Gasteiger partial charge >= 0.3 is 5.97 Å². The second-order valence-corrected chi connectivity index (χ2v) is 8.17. The van der Waals surface area contributed by atoms with Crippen LogP contribution >= 0.6 is 0 Å². The molecule has 0 amide bonds. The predicted molar refractivity (Wildman–Crippen MR) is 99.2 cm³/mol. The predicted octanol–water partition coefficient (Wildman–Crippen LogP) is 2.73. The molecule has 0 aromatic carbocycles. The number of aliphatic hydroxyl groups excluding tert-OH is 2. The first-order valence-corrected chi connectivity index (χ1v) is 9.13. The second-order valence-electron chi connectivity index (χ2n) is 8.17. The van der Waals surface area contributed by atoms with E-state index in [1.807, 2.05) is 13.8 Å². The van der Waals surface area contributed by atoms with Gasteiger partial charge < -0.3 is 14.9 Å². The zero-order valence-electron chi connectivity index (χ0n) is 16.3. The SMILES string of the molecule is CC(C)=C[C@@H]1[C@@H](C(=O)O[C@H]2CC(=O)C(CC(O)/C=C/CO)=C2C)C1(C)C. The van der Waals surface area contributed by atoms with E-state index in [9.17, 15) is 14.7 Å². The normalized spacial score (nSPS) is 28.4. The van der Waals surface area contributed by atoms with Crippen molar-refractivity contribution in [3.63, 3.8) is 0 Å². The van der Waals surface area contributed by atoms with Crippen molar-refractivity contribution in [1.29, 1.82) is 0 Å². The number of carbonyl (C=O) groups excluding carboxylic acids is 2. The Morgan fingerprint density at radius 2 is 2.04 bits per heavy atom. The molecule has 1 unspecified atom stereocenters. The van der Waals surface area contributed by atoms with E-state index >= 15 is 0 Å². The first-order valence-electron chi connectivity index (χ1n) is 9.13. The molecule has 0 aromatic heterocycles. The summed E-state index contributed by atoms with van der Waals surface area (Å²) < 4.78 is 5.67. The number of ketones is 1. The topological polar surface area (TPSA) is 83.8 Å². The van der Waals surface area contributed by atoms with Gasteiger partial charge in [-0.3, -0.25) is 9.59 Å². The highest BCUT2D eigenvalue weighted by molar-refractivity contribution is 6.00. The molecule has 4 atom stereocenters. The molecule has 0 saturated heterocycles. The van der Waals surface area contributed by atoms with E-state index in [1.54, 1.807) is 6.92 Å². The van der Waals surface area contributed by atoms with Crippen molar-refractivity contribution < 1.29 is 24.5 Å². The van der Waals surface area contributed by atoms with Gasteiger partial charge in [0.05, 0.1) is 25.0 Å². The van der Waals surface area contributed by atoms with Crippen LogP contribution in [0, 0.1) is 17.3 Å². The Hall–Kier alpha value is -1.72. The fraction of sp³-hybridized carbons (Fsp3) is 0.619. The Morgan fingerprint density at radius 1 is 1.38 bits per heavy atom. The minimum Gasteiger partial charge on any atom is -0.457 e.